The van der Waals surface area contributed by atoms with Gasteiger partial charge in [-0.15, -0.1) is 4.91 Å². The highest BCUT2D eigenvalue weighted by Gasteiger charge is 2.38. The first kappa shape index (κ1) is 26.1. The van der Waals surface area contributed by atoms with Crippen LogP contribution in [0.2, 0.25) is 0 Å². The second-order valence-electron chi connectivity index (χ2n) is 6.45. The number of hydrogen-bond acceptors (Lipinski definition) is 10. The number of hydrogen-bond donors (Lipinski definition) is 3. The second kappa shape index (κ2) is 12.8. The predicted octanol–water partition coefficient (Wildman–Crippen LogP) is 2.95. The number of alkyl halides is 3. The fourth-order valence-electron chi connectivity index (χ4n) is 2.44. The number of carbonyl (C=O) groups is 1. The molecule has 0 aliphatic heterocycles. The molecule has 16 heteroatoms. The number of rotatable bonds is 13. The number of halogens is 3. The third-order valence-electron chi connectivity index (χ3n) is 4.01. The highest BCUT2D eigenvalue weighted by Crippen LogP contribution is 2.33. The Morgan fingerprint density at radius 3 is 2.53 bits per heavy atom. The van der Waals surface area contributed by atoms with Gasteiger partial charge in [-0.3, -0.25) is 4.79 Å². The molecule has 1 heterocycles. The van der Waals surface area contributed by atoms with E-state index in [-0.39, 0.29) is 62.8 Å². The summed E-state index contributed by atoms with van der Waals surface area (Å²) in [6.07, 6.45) is -4.95. The molecule has 2 aromatic rings. The highest BCUT2D eigenvalue weighted by atomic mass is 19.4. The molecule has 4 N–H and O–H groups in total. The third kappa shape index (κ3) is 8.40. The zero-order valence-corrected chi connectivity index (χ0v) is 17.6. The smallest absolute Gasteiger partial charge is 0.471 e. The summed E-state index contributed by atoms with van der Waals surface area (Å²) in [6.45, 7) is 0.495. The summed E-state index contributed by atoms with van der Waals surface area (Å²) >= 11 is 0. The van der Waals surface area contributed by atoms with Crippen LogP contribution in [0, 0.1) is 4.91 Å². The SMILES string of the molecule is [N-]=[N+]=NCCOCCNc1nc(N)nc(OCc2ccc(CNC(=O)C(F)(F)F)cc2)c1N=O. The van der Waals surface area contributed by atoms with E-state index >= 15 is 0 Å². The monoisotopic (exact) mass is 483 g/mol. The van der Waals surface area contributed by atoms with Crippen molar-refractivity contribution in [3.8, 4) is 5.88 Å². The Bertz CT molecular complexity index is 1030. The van der Waals surface area contributed by atoms with Crippen molar-refractivity contribution in [2.24, 2.45) is 10.3 Å². The van der Waals surface area contributed by atoms with Crippen molar-refractivity contribution in [3.63, 3.8) is 0 Å². The molecule has 13 nitrogen and oxygen atoms in total. The molecule has 0 spiro atoms. The van der Waals surface area contributed by atoms with Crippen LogP contribution in [0.1, 0.15) is 11.1 Å². The Morgan fingerprint density at radius 1 is 1.18 bits per heavy atom. The maximum Gasteiger partial charge on any atom is 0.471 e. The van der Waals surface area contributed by atoms with Crippen LogP contribution in [0.5, 0.6) is 5.88 Å². The van der Waals surface area contributed by atoms with Crippen LogP contribution < -0.4 is 21.1 Å². The maximum atomic E-state index is 12.2. The average molecular weight is 483 g/mol. The quantitative estimate of drug-likeness (QED) is 0.127. The van der Waals surface area contributed by atoms with E-state index in [4.69, 9.17) is 20.7 Å². The van der Waals surface area contributed by atoms with E-state index in [1.165, 1.54) is 12.1 Å². The number of amides is 1. The largest absolute Gasteiger partial charge is 0.471 e. The third-order valence-corrected chi connectivity index (χ3v) is 4.01. The first-order chi connectivity index (χ1) is 16.2. The zero-order chi connectivity index (χ0) is 25.0. The minimum atomic E-state index is -4.95. The molecule has 34 heavy (non-hydrogen) atoms. The van der Waals surface area contributed by atoms with Crippen molar-refractivity contribution in [1.29, 1.82) is 0 Å². The number of aromatic nitrogens is 2. The molecule has 1 aromatic heterocycles. The molecule has 0 radical (unpaired) electrons. The number of nitrogen functional groups attached to an aromatic ring is 1. The van der Waals surface area contributed by atoms with Crippen molar-refractivity contribution >= 4 is 23.4 Å². The number of nitrogens with zero attached hydrogens (tertiary/aromatic N) is 6. The van der Waals surface area contributed by atoms with Crippen molar-refractivity contribution in [2.75, 3.05) is 37.4 Å². The number of nitroso groups, excluding NO2 is 1. The predicted molar refractivity (Wildman–Crippen MR) is 114 cm³/mol. The van der Waals surface area contributed by atoms with E-state index in [0.717, 1.165) is 0 Å². The maximum absolute atomic E-state index is 12.2. The van der Waals surface area contributed by atoms with Crippen LogP contribution in [0.15, 0.2) is 34.6 Å². The molecule has 0 aliphatic rings. The molecule has 0 fully saturated rings. The molecule has 0 bridgehead atoms. The van der Waals surface area contributed by atoms with E-state index in [1.807, 2.05) is 0 Å². The first-order valence-electron chi connectivity index (χ1n) is 9.63. The Labute approximate surface area is 190 Å². The summed E-state index contributed by atoms with van der Waals surface area (Å²) in [5.74, 6) is -2.34. The lowest BCUT2D eigenvalue weighted by Gasteiger charge is -2.12. The lowest BCUT2D eigenvalue weighted by Crippen LogP contribution is -2.36. The van der Waals surface area contributed by atoms with Gasteiger partial charge in [0, 0.05) is 24.5 Å². The van der Waals surface area contributed by atoms with Gasteiger partial charge in [-0.05, 0) is 21.8 Å². The molecule has 0 saturated heterocycles. The lowest BCUT2D eigenvalue weighted by molar-refractivity contribution is -0.173. The molecule has 0 unspecified atom stereocenters. The van der Waals surface area contributed by atoms with Gasteiger partial charge in [-0.2, -0.15) is 23.1 Å². The van der Waals surface area contributed by atoms with E-state index in [9.17, 15) is 22.9 Å². The topological polar surface area (TPSA) is 190 Å². The summed E-state index contributed by atoms with van der Waals surface area (Å²) in [5.41, 5.74) is 14.7. The van der Waals surface area contributed by atoms with Crippen molar-refractivity contribution < 1.29 is 27.4 Å². The fourth-order valence-corrected chi connectivity index (χ4v) is 2.44. The molecular formula is C18H20F3N9O4. The molecule has 0 aliphatic carbocycles. The van der Waals surface area contributed by atoms with Gasteiger partial charge in [-0.1, -0.05) is 29.4 Å². The van der Waals surface area contributed by atoms with Gasteiger partial charge in [0.05, 0.1) is 13.2 Å². The number of nitrogens with two attached hydrogens (primary N) is 1. The Kier molecular flexibility index (Phi) is 9.79. The summed E-state index contributed by atoms with van der Waals surface area (Å²) in [7, 11) is 0. The minimum Gasteiger partial charge on any atom is -0.471 e. The molecule has 0 atom stereocenters. The number of azide groups is 1. The molecule has 1 aromatic carbocycles. The van der Waals surface area contributed by atoms with Gasteiger partial charge >= 0.3 is 12.1 Å². The van der Waals surface area contributed by atoms with Gasteiger partial charge in [-0.25, -0.2) is 0 Å². The van der Waals surface area contributed by atoms with Crippen molar-refractivity contribution in [1.82, 2.24) is 15.3 Å². The van der Waals surface area contributed by atoms with Crippen LogP contribution in [0.25, 0.3) is 10.4 Å². The summed E-state index contributed by atoms with van der Waals surface area (Å²) < 4.78 is 47.5. The van der Waals surface area contributed by atoms with Gasteiger partial charge in [0.1, 0.15) is 6.61 Å². The summed E-state index contributed by atoms with van der Waals surface area (Å²) in [4.78, 5) is 32.6. The Hall–Kier alpha value is -4.17. The van der Waals surface area contributed by atoms with E-state index in [1.54, 1.807) is 17.4 Å². The highest BCUT2D eigenvalue weighted by molar-refractivity contribution is 5.81. The van der Waals surface area contributed by atoms with Crippen LogP contribution in [-0.2, 0) is 22.7 Å². The second-order valence-corrected chi connectivity index (χ2v) is 6.45. The Balaban J connectivity index is 1.94. The van der Waals surface area contributed by atoms with Crippen molar-refractivity contribution in [3.05, 3.63) is 50.7 Å². The van der Waals surface area contributed by atoms with E-state index in [2.05, 4.69) is 30.5 Å². The Morgan fingerprint density at radius 2 is 1.88 bits per heavy atom. The van der Waals surface area contributed by atoms with Crippen LogP contribution in [0.3, 0.4) is 0 Å². The molecule has 0 saturated carbocycles. The lowest BCUT2D eigenvalue weighted by atomic mass is 10.1. The van der Waals surface area contributed by atoms with Gasteiger partial charge in [0.25, 0.3) is 5.88 Å². The zero-order valence-electron chi connectivity index (χ0n) is 17.6. The number of carbonyl (C=O) groups excluding carboxylic acids is 1. The van der Waals surface area contributed by atoms with Gasteiger partial charge < -0.3 is 25.8 Å². The first-order valence-corrected chi connectivity index (χ1v) is 9.63. The number of nitrogens with one attached hydrogen (secondary N) is 2. The van der Waals surface area contributed by atoms with Gasteiger partial charge in [0.15, 0.2) is 5.82 Å². The molecule has 182 valence electrons. The summed E-state index contributed by atoms with van der Waals surface area (Å²) in [6, 6.07) is 6.16. The summed E-state index contributed by atoms with van der Waals surface area (Å²) in [5, 5.41) is 10.8. The number of ether oxygens (including phenoxy) is 2. The average Bonchev–Trinajstić information content (AvgIpc) is 2.80. The molecule has 2 rings (SSSR count). The van der Waals surface area contributed by atoms with E-state index < -0.39 is 12.1 Å². The van der Waals surface area contributed by atoms with Crippen LogP contribution in [-0.4, -0.2) is 48.4 Å². The van der Waals surface area contributed by atoms with Crippen LogP contribution in [0.4, 0.5) is 30.6 Å². The molecular weight excluding hydrogens is 463 g/mol. The van der Waals surface area contributed by atoms with E-state index in [0.29, 0.717) is 11.1 Å². The fraction of sp³-hybridized carbons (Fsp3) is 0.389. The minimum absolute atomic E-state index is 0.0342. The molecule has 1 amide bonds. The van der Waals surface area contributed by atoms with Gasteiger partial charge in [0.2, 0.25) is 11.6 Å². The van der Waals surface area contributed by atoms with Crippen LogP contribution >= 0.6 is 0 Å². The van der Waals surface area contributed by atoms with Crippen molar-refractivity contribution in [2.45, 2.75) is 19.3 Å². The number of anilines is 2. The standard InChI is InChI=1S/C18H20F3N9O4/c19-18(20,21)16(31)25-9-11-1-3-12(4-2-11)10-34-15-13(29-32)14(27-17(22)28-15)24-5-7-33-8-6-26-30-23/h1-4H,5-10H2,(H,25,31)(H3,22,24,27,28). The number of benzene rings is 1. The normalized spacial score (nSPS) is 10.8.